The van der Waals surface area contributed by atoms with Gasteiger partial charge in [0.15, 0.2) is 0 Å². The highest BCUT2D eigenvalue weighted by atomic mass is 19.1. The summed E-state index contributed by atoms with van der Waals surface area (Å²) in [5.74, 6) is 1.06. The molecule has 3 atom stereocenters. The fourth-order valence-electron chi connectivity index (χ4n) is 4.34. The second-order valence-electron chi connectivity index (χ2n) is 7.71. The van der Waals surface area contributed by atoms with Crippen LogP contribution in [0.1, 0.15) is 30.7 Å². The number of carbonyl (C=O) groups is 1. The number of hydrogen-bond donors (Lipinski definition) is 0. The topological polar surface area (TPSA) is 32.8 Å². The predicted molar refractivity (Wildman–Crippen MR) is 93.8 cm³/mol. The van der Waals surface area contributed by atoms with Crippen molar-refractivity contribution < 1.29 is 13.9 Å². The molecule has 4 rings (SSSR count). The van der Waals surface area contributed by atoms with Gasteiger partial charge >= 0.3 is 0 Å². The highest BCUT2D eigenvalue weighted by Crippen LogP contribution is 2.48. The lowest BCUT2D eigenvalue weighted by Crippen LogP contribution is -2.46. The van der Waals surface area contributed by atoms with Crippen LogP contribution in [-0.4, -0.2) is 61.6 Å². The van der Waals surface area contributed by atoms with Crippen LogP contribution in [0.15, 0.2) is 24.3 Å². The second-order valence-corrected chi connectivity index (χ2v) is 7.71. The van der Waals surface area contributed by atoms with Gasteiger partial charge in [0.25, 0.3) is 0 Å². The molecular weight excluding hydrogens is 319 g/mol. The zero-order valence-corrected chi connectivity index (χ0v) is 14.7. The van der Waals surface area contributed by atoms with Gasteiger partial charge in [0.05, 0.1) is 13.2 Å². The molecule has 0 spiro atoms. The zero-order chi connectivity index (χ0) is 17.2. The van der Waals surface area contributed by atoms with Gasteiger partial charge in [0, 0.05) is 38.6 Å². The number of rotatable bonds is 4. The molecule has 0 unspecified atom stereocenters. The number of ether oxygens (including phenoxy) is 1. The van der Waals surface area contributed by atoms with E-state index in [0.29, 0.717) is 11.8 Å². The Kier molecular flexibility index (Phi) is 5.04. The van der Waals surface area contributed by atoms with Crippen LogP contribution in [-0.2, 0) is 9.53 Å². The summed E-state index contributed by atoms with van der Waals surface area (Å²) >= 11 is 0. The first-order valence-corrected chi connectivity index (χ1v) is 9.55. The van der Waals surface area contributed by atoms with E-state index in [2.05, 4.69) is 9.80 Å². The largest absolute Gasteiger partial charge is 0.379 e. The molecule has 2 saturated heterocycles. The van der Waals surface area contributed by atoms with Crippen molar-refractivity contribution >= 4 is 5.91 Å². The lowest BCUT2D eigenvalue weighted by atomic mass is 9.96. The maximum Gasteiger partial charge on any atom is 0.226 e. The van der Waals surface area contributed by atoms with E-state index in [1.54, 1.807) is 0 Å². The average Bonchev–Trinajstić information content (AvgIpc) is 3.43. The fraction of sp³-hybridized carbons (Fsp3) is 0.650. The predicted octanol–water partition coefficient (Wildman–Crippen LogP) is 2.50. The first-order chi connectivity index (χ1) is 12.2. The van der Waals surface area contributed by atoms with Gasteiger partial charge in [-0.25, -0.2) is 4.39 Å². The van der Waals surface area contributed by atoms with Gasteiger partial charge in [-0.05, 0) is 48.8 Å². The van der Waals surface area contributed by atoms with Crippen molar-refractivity contribution in [2.75, 3.05) is 45.9 Å². The molecule has 25 heavy (non-hydrogen) atoms. The molecule has 1 aromatic carbocycles. The Morgan fingerprint density at radius 3 is 2.68 bits per heavy atom. The number of halogens is 1. The van der Waals surface area contributed by atoms with Crippen molar-refractivity contribution in [3.05, 3.63) is 35.6 Å². The van der Waals surface area contributed by atoms with Crippen LogP contribution in [0.25, 0.3) is 0 Å². The van der Waals surface area contributed by atoms with Crippen LogP contribution in [0.2, 0.25) is 0 Å². The summed E-state index contributed by atoms with van der Waals surface area (Å²) in [5, 5.41) is 0. The van der Waals surface area contributed by atoms with Gasteiger partial charge in [-0.3, -0.25) is 9.69 Å². The Bertz CT molecular complexity index is 600. The number of amides is 1. The normalized spacial score (nSPS) is 30.3. The monoisotopic (exact) mass is 346 g/mol. The maximum absolute atomic E-state index is 13.1. The number of nitrogens with zero attached hydrogens (tertiary/aromatic N) is 2. The molecule has 0 aromatic heterocycles. The number of hydrogen-bond acceptors (Lipinski definition) is 3. The highest BCUT2D eigenvalue weighted by Gasteiger charge is 2.46. The summed E-state index contributed by atoms with van der Waals surface area (Å²) in [7, 11) is 0. The molecule has 2 heterocycles. The van der Waals surface area contributed by atoms with E-state index in [1.807, 2.05) is 12.1 Å². The van der Waals surface area contributed by atoms with Crippen molar-refractivity contribution in [2.24, 2.45) is 11.8 Å². The Hall–Kier alpha value is -1.46. The van der Waals surface area contributed by atoms with Crippen LogP contribution in [0, 0.1) is 17.7 Å². The minimum atomic E-state index is -0.214. The highest BCUT2D eigenvalue weighted by molar-refractivity contribution is 5.83. The molecule has 1 saturated carbocycles. The third-order valence-electron chi connectivity index (χ3n) is 5.86. The van der Waals surface area contributed by atoms with Crippen molar-refractivity contribution in [3.63, 3.8) is 0 Å². The SMILES string of the molecule is O=C([C@@H]1C[C@H]1c1ccc(F)cc1)N1CCC[C@H](CN2CCOCC2)C1. The zero-order valence-electron chi connectivity index (χ0n) is 14.7. The van der Waals surface area contributed by atoms with E-state index in [-0.39, 0.29) is 17.7 Å². The molecule has 1 aliphatic carbocycles. The van der Waals surface area contributed by atoms with Crippen LogP contribution in [0.5, 0.6) is 0 Å². The van der Waals surface area contributed by atoms with Crippen molar-refractivity contribution in [1.29, 1.82) is 0 Å². The minimum Gasteiger partial charge on any atom is -0.379 e. The quantitative estimate of drug-likeness (QED) is 0.840. The summed E-state index contributed by atoms with van der Waals surface area (Å²) in [6.45, 7) is 6.56. The molecule has 0 bridgehead atoms. The Balaban J connectivity index is 1.30. The standard InChI is InChI=1S/C20H27FN2O2/c21-17-5-3-16(4-6-17)18-12-19(18)20(24)23-7-1-2-15(14-23)13-22-8-10-25-11-9-22/h3-6,15,18-19H,1-2,7-14H2/t15-,18+,19-/m1/s1. The lowest BCUT2D eigenvalue weighted by molar-refractivity contribution is -0.134. The Labute approximate surface area is 148 Å². The van der Waals surface area contributed by atoms with Gasteiger partial charge in [0.2, 0.25) is 5.91 Å². The van der Waals surface area contributed by atoms with E-state index in [9.17, 15) is 9.18 Å². The van der Waals surface area contributed by atoms with E-state index >= 15 is 0 Å². The van der Waals surface area contributed by atoms with Gasteiger partial charge in [-0.2, -0.15) is 0 Å². The van der Waals surface area contributed by atoms with Crippen molar-refractivity contribution in [2.45, 2.75) is 25.2 Å². The fourth-order valence-corrected chi connectivity index (χ4v) is 4.34. The van der Waals surface area contributed by atoms with Crippen LogP contribution in [0.3, 0.4) is 0 Å². The van der Waals surface area contributed by atoms with E-state index in [0.717, 1.165) is 64.3 Å². The van der Waals surface area contributed by atoms with E-state index in [4.69, 9.17) is 4.74 Å². The first kappa shape index (κ1) is 17.0. The average molecular weight is 346 g/mol. The van der Waals surface area contributed by atoms with Crippen molar-refractivity contribution in [1.82, 2.24) is 9.80 Å². The lowest BCUT2D eigenvalue weighted by Gasteiger charge is -2.37. The smallest absolute Gasteiger partial charge is 0.226 e. The summed E-state index contributed by atoms with van der Waals surface area (Å²) in [6, 6.07) is 6.64. The molecule has 5 heteroatoms. The molecule has 1 amide bonds. The number of morpholine rings is 1. The number of piperidine rings is 1. The van der Waals surface area contributed by atoms with Crippen LogP contribution < -0.4 is 0 Å². The second kappa shape index (κ2) is 7.42. The van der Waals surface area contributed by atoms with Crippen LogP contribution >= 0.6 is 0 Å². The summed E-state index contributed by atoms with van der Waals surface area (Å²) in [5.41, 5.74) is 1.10. The van der Waals surface area contributed by atoms with Crippen LogP contribution in [0.4, 0.5) is 4.39 Å². The number of carbonyl (C=O) groups excluding carboxylic acids is 1. The summed E-state index contributed by atoms with van der Waals surface area (Å²) in [6.07, 6.45) is 3.23. The third kappa shape index (κ3) is 4.04. The minimum absolute atomic E-state index is 0.104. The van der Waals surface area contributed by atoms with Gasteiger partial charge in [-0.15, -0.1) is 0 Å². The summed E-state index contributed by atoms with van der Waals surface area (Å²) in [4.78, 5) is 17.4. The molecular formula is C20H27FN2O2. The number of likely N-dealkylation sites (tertiary alicyclic amines) is 1. The molecule has 136 valence electrons. The molecule has 0 N–H and O–H groups in total. The van der Waals surface area contributed by atoms with Crippen molar-refractivity contribution in [3.8, 4) is 0 Å². The van der Waals surface area contributed by atoms with Gasteiger partial charge < -0.3 is 9.64 Å². The maximum atomic E-state index is 13.1. The molecule has 4 nitrogen and oxygen atoms in total. The molecule has 2 aliphatic heterocycles. The Morgan fingerprint density at radius 1 is 1.16 bits per heavy atom. The van der Waals surface area contributed by atoms with Gasteiger partial charge in [-0.1, -0.05) is 12.1 Å². The molecule has 3 aliphatic rings. The molecule has 1 aromatic rings. The van der Waals surface area contributed by atoms with E-state index in [1.165, 1.54) is 18.6 Å². The van der Waals surface area contributed by atoms with Gasteiger partial charge in [0.1, 0.15) is 5.82 Å². The summed E-state index contributed by atoms with van der Waals surface area (Å²) < 4.78 is 18.5. The van der Waals surface area contributed by atoms with E-state index < -0.39 is 0 Å². The number of benzene rings is 1. The molecule has 3 fully saturated rings. The Morgan fingerprint density at radius 2 is 1.92 bits per heavy atom. The third-order valence-corrected chi connectivity index (χ3v) is 5.86. The molecule has 0 radical (unpaired) electrons. The first-order valence-electron chi connectivity index (χ1n) is 9.55.